The lowest BCUT2D eigenvalue weighted by Crippen LogP contribution is -2.61. The van der Waals surface area contributed by atoms with Crippen LogP contribution in [-0.2, 0) is 6.54 Å². The minimum atomic E-state index is -0.199. The number of hydrogen-bond acceptors (Lipinski definition) is 2. The molecule has 2 nitrogen and oxygen atoms in total. The summed E-state index contributed by atoms with van der Waals surface area (Å²) in [6, 6.07) is 5.77. The molecule has 2 rings (SSSR count). The van der Waals surface area contributed by atoms with Crippen molar-refractivity contribution >= 4 is 15.9 Å². The standard InChI is InChI=1S/C16H24BrFN2/c1-15(2)8-12(9-16(3,4)20-15)19-10-11-5-6-13(17)14(18)7-11/h5-7,12,19-20H,8-10H2,1-4H3. The molecular formula is C16H24BrFN2. The average Bonchev–Trinajstić information content (AvgIpc) is 2.27. The Bertz CT molecular complexity index is 469. The Morgan fingerprint density at radius 1 is 1.25 bits per heavy atom. The molecule has 0 unspecified atom stereocenters. The second kappa shape index (κ2) is 5.74. The second-order valence-electron chi connectivity index (χ2n) is 7.13. The van der Waals surface area contributed by atoms with Gasteiger partial charge in [0.05, 0.1) is 4.47 Å². The Balaban J connectivity index is 1.98. The van der Waals surface area contributed by atoms with Gasteiger partial charge < -0.3 is 10.6 Å². The predicted octanol–water partition coefficient (Wildman–Crippen LogP) is 3.99. The van der Waals surface area contributed by atoms with Crippen molar-refractivity contribution in [2.24, 2.45) is 0 Å². The van der Waals surface area contributed by atoms with Crippen LogP contribution in [0.1, 0.15) is 46.1 Å². The third kappa shape index (κ3) is 4.27. The molecule has 1 fully saturated rings. The Labute approximate surface area is 129 Å². The molecule has 1 aromatic carbocycles. The van der Waals surface area contributed by atoms with Crippen LogP contribution in [0.15, 0.2) is 22.7 Å². The fourth-order valence-electron chi connectivity index (χ4n) is 3.38. The van der Waals surface area contributed by atoms with Gasteiger partial charge in [0.25, 0.3) is 0 Å². The molecule has 0 saturated carbocycles. The molecule has 1 aliphatic heterocycles. The molecular weight excluding hydrogens is 319 g/mol. The van der Waals surface area contributed by atoms with Gasteiger partial charge in [0.2, 0.25) is 0 Å². The smallest absolute Gasteiger partial charge is 0.137 e. The summed E-state index contributed by atoms with van der Waals surface area (Å²) < 4.78 is 14.0. The van der Waals surface area contributed by atoms with Crippen LogP contribution in [-0.4, -0.2) is 17.1 Å². The van der Waals surface area contributed by atoms with E-state index in [9.17, 15) is 4.39 Å². The molecule has 4 heteroatoms. The molecule has 0 aromatic heterocycles. The van der Waals surface area contributed by atoms with Crippen molar-refractivity contribution in [3.8, 4) is 0 Å². The monoisotopic (exact) mass is 342 g/mol. The molecule has 1 aliphatic rings. The van der Waals surface area contributed by atoms with Gasteiger partial charge in [-0.1, -0.05) is 6.07 Å². The highest BCUT2D eigenvalue weighted by Crippen LogP contribution is 2.28. The van der Waals surface area contributed by atoms with Crippen LogP contribution in [0.2, 0.25) is 0 Å². The number of benzene rings is 1. The molecule has 20 heavy (non-hydrogen) atoms. The number of piperidine rings is 1. The molecule has 0 spiro atoms. The fourth-order valence-corrected chi connectivity index (χ4v) is 3.63. The van der Waals surface area contributed by atoms with Crippen molar-refractivity contribution in [3.05, 3.63) is 34.1 Å². The summed E-state index contributed by atoms with van der Waals surface area (Å²) in [7, 11) is 0. The Morgan fingerprint density at radius 2 is 1.85 bits per heavy atom. The second-order valence-corrected chi connectivity index (χ2v) is 7.98. The number of rotatable bonds is 3. The van der Waals surface area contributed by atoms with Gasteiger partial charge in [0.1, 0.15) is 5.82 Å². The number of halogens is 2. The van der Waals surface area contributed by atoms with E-state index in [1.807, 2.05) is 6.07 Å². The minimum Gasteiger partial charge on any atom is -0.310 e. The Hall–Kier alpha value is -0.450. The zero-order valence-corrected chi connectivity index (χ0v) is 14.3. The SMILES string of the molecule is CC1(C)CC(NCc2ccc(Br)c(F)c2)CC(C)(C)N1. The first-order chi connectivity index (χ1) is 9.17. The lowest BCUT2D eigenvalue weighted by Gasteiger charge is -2.46. The topological polar surface area (TPSA) is 24.1 Å². The lowest BCUT2D eigenvalue weighted by atomic mass is 9.79. The molecule has 112 valence electrons. The van der Waals surface area contributed by atoms with Crippen LogP contribution in [0.3, 0.4) is 0 Å². The Kier molecular flexibility index (Phi) is 4.57. The molecule has 0 amide bonds. The van der Waals surface area contributed by atoms with Crippen molar-refractivity contribution in [2.75, 3.05) is 0 Å². The van der Waals surface area contributed by atoms with E-state index < -0.39 is 0 Å². The summed E-state index contributed by atoms with van der Waals surface area (Å²) in [4.78, 5) is 0. The van der Waals surface area contributed by atoms with Gasteiger partial charge in [0, 0.05) is 23.7 Å². The van der Waals surface area contributed by atoms with Crippen molar-refractivity contribution in [2.45, 2.75) is 64.2 Å². The summed E-state index contributed by atoms with van der Waals surface area (Å²) in [6.07, 6.45) is 2.16. The highest BCUT2D eigenvalue weighted by molar-refractivity contribution is 9.10. The molecule has 2 N–H and O–H groups in total. The minimum absolute atomic E-state index is 0.129. The van der Waals surface area contributed by atoms with Crippen molar-refractivity contribution in [3.63, 3.8) is 0 Å². The van der Waals surface area contributed by atoms with Crippen molar-refractivity contribution in [1.82, 2.24) is 10.6 Å². The largest absolute Gasteiger partial charge is 0.310 e. The maximum Gasteiger partial charge on any atom is 0.137 e. The van der Waals surface area contributed by atoms with Crippen LogP contribution in [0, 0.1) is 5.82 Å². The highest BCUT2D eigenvalue weighted by Gasteiger charge is 2.37. The first-order valence-electron chi connectivity index (χ1n) is 7.14. The van der Waals surface area contributed by atoms with Crippen molar-refractivity contribution < 1.29 is 4.39 Å². The molecule has 1 saturated heterocycles. The van der Waals surface area contributed by atoms with E-state index in [1.54, 1.807) is 12.1 Å². The van der Waals surface area contributed by atoms with Crippen LogP contribution < -0.4 is 10.6 Å². The maximum atomic E-state index is 13.5. The molecule has 1 aromatic rings. The molecule has 0 bridgehead atoms. The van der Waals surface area contributed by atoms with Crippen LogP contribution in [0.5, 0.6) is 0 Å². The van der Waals surface area contributed by atoms with E-state index in [0.717, 1.165) is 18.4 Å². The third-order valence-electron chi connectivity index (χ3n) is 3.77. The first-order valence-corrected chi connectivity index (χ1v) is 7.93. The number of hydrogen-bond donors (Lipinski definition) is 2. The van der Waals surface area contributed by atoms with E-state index >= 15 is 0 Å². The first kappa shape index (κ1) is 15.9. The van der Waals surface area contributed by atoms with Gasteiger partial charge in [-0.3, -0.25) is 0 Å². The van der Waals surface area contributed by atoms with Gasteiger partial charge in [-0.25, -0.2) is 4.39 Å². The average molecular weight is 343 g/mol. The van der Waals surface area contributed by atoms with E-state index in [2.05, 4.69) is 54.3 Å². The van der Waals surface area contributed by atoms with Gasteiger partial charge in [-0.2, -0.15) is 0 Å². The van der Waals surface area contributed by atoms with E-state index in [1.165, 1.54) is 0 Å². The fraction of sp³-hybridized carbons (Fsp3) is 0.625. The summed E-state index contributed by atoms with van der Waals surface area (Å²) in [5.41, 5.74) is 1.24. The third-order valence-corrected chi connectivity index (χ3v) is 4.41. The highest BCUT2D eigenvalue weighted by atomic mass is 79.9. The maximum absolute atomic E-state index is 13.5. The van der Waals surface area contributed by atoms with Gasteiger partial charge in [-0.15, -0.1) is 0 Å². The van der Waals surface area contributed by atoms with Crippen LogP contribution in [0.4, 0.5) is 4.39 Å². The van der Waals surface area contributed by atoms with E-state index in [0.29, 0.717) is 17.1 Å². The summed E-state index contributed by atoms with van der Waals surface area (Å²) in [5.74, 6) is -0.199. The zero-order chi connectivity index (χ0) is 15.0. The van der Waals surface area contributed by atoms with Crippen LogP contribution in [0.25, 0.3) is 0 Å². The summed E-state index contributed by atoms with van der Waals surface area (Å²) >= 11 is 3.18. The summed E-state index contributed by atoms with van der Waals surface area (Å²) in [6.45, 7) is 9.66. The van der Waals surface area contributed by atoms with Crippen molar-refractivity contribution in [1.29, 1.82) is 0 Å². The quantitative estimate of drug-likeness (QED) is 0.867. The molecule has 0 atom stereocenters. The molecule has 0 radical (unpaired) electrons. The molecule has 1 heterocycles. The zero-order valence-electron chi connectivity index (χ0n) is 12.7. The van der Waals surface area contributed by atoms with Gasteiger partial charge in [-0.05, 0) is 74.2 Å². The predicted molar refractivity (Wildman–Crippen MR) is 85.3 cm³/mol. The van der Waals surface area contributed by atoms with E-state index in [4.69, 9.17) is 0 Å². The Morgan fingerprint density at radius 3 is 2.40 bits per heavy atom. The van der Waals surface area contributed by atoms with Crippen LogP contribution >= 0.6 is 15.9 Å². The summed E-state index contributed by atoms with van der Waals surface area (Å²) in [5, 5.41) is 7.24. The van der Waals surface area contributed by atoms with Gasteiger partial charge in [0.15, 0.2) is 0 Å². The number of nitrogens with one attached hydrogen (secondary N) is 2. The normalized spacial score (nSPS) is 21.9. The molecule has 0 aliphatic carbocycles. The van der Waals surface area contributed by atoms with Gasteiger partial charge >= 0.3 is 0 Å². The lowest BCUT2D eigenvalue weighted by molar-refractivity contribution is 0.145. The van der Waals surface area contributed by atoms with E-state index in [-0.39, 0.29) is 16.9 Å².